The van der Waals surface area contributed by atoms with Crippen molar-refractivity contribution < 1.29 is 23.7 Å². The molecule has 0 saturated heterocycles. The monoisotopic (exact) mass is 356 g/mol. The van der Waals surface area contributed by atoms with Crippen molar-refractivity contribution in [3.8, 4) is 17.2 Å². The van der Waals surface area contributed by atoms with Crippen LogP contribution in [0.3, 0.4) is 0 Å². The van der Waals surface area contributed by atoms with Gasteiger partial charge >= 0.3 is 5.97 Å². The molecular weight excluding hydrogens is 332 g/mol. The van der Waals surface area contributed by atoms with Crippen LogP contribution in [0.1, 0.15) is 41.6 Å². The first-order chi connectivity index (χ1) is 12.7. The summed E-state index contributed by atoms with van der Waals surface area (Å²) < 4.78 is 22.1. The van der Waals surface area contributed by atoms with Gasteiger partial charge in [-0.05, 0) is 61.6 Å². The molecule has 0 aromatic heterocycles. The summed E-state index contributed by atoms with van der Waals surface area (Å²) in [6.45, 7) is 0.371. The highest BCUT2D eigenvalue weighted by atomic mass is 16.5. The van der Waals surface area contributed by atoms with Crippen LogP contribution in [0.25, 0.3) is 0 Å². The summed E-state index contributed by atoms with van der Waals surface area (Å²) in [5.74, 6) is 1.71. The zero-order valence-electron chi connectivity index (χ0n) is 15.2. The Morgan fingerprint density at radius 2 is 1.85 bits per heavy atom. The maximum atomic E-state index is 11.6. The van der Waals surface area contributed by atoms with Gasteiger partial charge in [0.15, 0.2) is 11.5 Å². The third-order valence-electron chi connectivity index (χ3n) is 4.48. The normalized spacial score (nSPS) is 14.1. The number of ether oxygens (including phenoxy) is 4. The van der Waals surface area contributed by atoms with Crippen LogP contribution in [-0.4, -0.2) is 26.3 Å². The van der Waals surface area contributed by atoms with Crippen LogP contribution in [0.2, 0.25) is 0 Å². The molecule has 1 aliphatic rings. The predicted octanol–water partition coefficient (Wildman–Crippen LogP) is 4.38. The quantitative estimate of drug-likeness (QED) is 0.689. The highest BCUT2D eigenvalue weighted by Crippen LogP contribution is 2.32. The van der Waals surface area contributed by atoms with Gasteiger partial charge < -0.3 is 18.9 Å². The molecule has 3 rings (SSSR count). The first-order valence-corrected chi connectivity index (χ1v) is 8.84. The maximum absolute atomic E-state index is 11.6. The van der Waals surface area contributed by atoms with Crippen molar-refractivity contribution in [3.63, 3.8) is 0 Å². The van der Waals surface area contributed by atoms with Crippen LogP contribution >= 0.6 is 0 Å². The summed E-state index contributed by atoms with van der Waals surface area (Å²) in [4.78, 5) is 11.6. The van der Waals surface area contributed by atoms with Crippen LogP contribution in [0.5, 0.6) is 17.2 Å². The first kappa shape index (κ1) is 18.1. The molecule has 1 saturated carbocycles. The molecule has 2 aromatic carbocycles. The largest absolute Gasteiger partial charge is 0.493 e. The predicted molar refractivity (Wildman–Crippen MR) is 98.0 cm³/mol. The average molecular weight is 356 g/mol. The molecule has 2 aromatic rings. The van der Waals surface area contributed by atoms with Crippen molar-refractivity contribution in [2.45, 2.75) is 38.4 Å². The second kappa shape index (κ2) is 8.61. The molecule has 0 atom stereocenters. The van der Waals surface area contributed by atoms with Crippen LogP contribution in [-0.2, 0) is 11.3 Å². The zero-order valence-corrected chi connectivity index (χ0v) is 15.2. The lowest BCUT2D eigenvalue weighted by atomic mass is 10.2. The minimum absolute atomic E-state index is 0.261. The number of hydrogen-bond acceptors (Lipinski definition) is 5. The fourth-order valence-corrected chi connectivity index (χ4v) is 3.09. The van der Waals surface area contributed by atoms with Crippen molar-refractivity contribution >= 4 is 5.97 Å². The molecule has 0 N–H and O–H groups in total. The van der Waals surface area contributed by atoms with Gasteiger partial charge in [0.05, 0.1) is 25.9 Å². The number of carbonyl (C=O) groups excluding carboxylic acids is 1. The number of esters is 1. The number of methoxy groups -OCH3 is 2. The molecular formula is C21H24O5. The van der Waals surface area contributed by atoms with Gasteiger partial charge in [0, 0.05) is 0 Å². The van der Waals surface area contributed by atoms with Gasteiger partial charge in [-0.25, -0.2) is 4.79 Å². The van der Waals surface area contributed by atoms with Crippen molar-refractivity contribution in [3.05, 3.63) is 53.6 Å². The Morgan fingerprint density at radius 3 is 2.58 bits per heavy atom. The fourth-order valence-electron chi connectivity index (χ4n) is 3.09. The van der Waals surface area contributed by atoms with E-state index >= 15 is 0 Å². The van der Waals surface area contributed by atoms with Gasteiger partial charge in [0.1, 0.15) is 12.4 Å². The fraction of sp³-hybridized carbons (Fsp3) is 0.381. The Balaban J connectivity index is 1.68. The van der Waals surface area contributed by atoms with Gasteiger partial charge in [-0.2, -0.15) is 0 Å². The second-order valence-corrected chi connectivity index (χ2v) is 6.32. The highest BCUT2D eigenvalue weighted by molar-refractivity contribution is 5.89. The molecule has 0 spiro atoms. The second-order valence-electron chi connectivity index (χ2n) is 6.32. The molecule has 0 aliphatic heterocycles. The van der Waals surface area contributed by atoms with Crippen molar-refractivity contribution in [2.24, 2.45) is 0 Å². The van der Waals surface area contributed by atoms with E-state index in [9.17, 15) is 4.79 Å². The first-order valence-electron chi connectivity index (χ1n) is 8.84. The lowest BCUT2D eigenvalue weighted by Crippen LogP contribution is -2.12. The Bertz CT molecular complexity index is 750. The van der Waals surface area contributed by atoms with Crippen LogP contribution < -0.4 is 14.2 Å². The molecule has 1 aliphatic carbocycles. The van der Waals surface area contributed by atoms with Gasteiger partial charge in [-0.15, -0.1) is 0 Å². The van der Waals surface area contributed by atoms with Crippen molar-refractivity contribution in [2.75, 3.05) is 14.2 Å². The number of carbonyl (C=O) groups is 1. The Morgan fingerprint density at radius 1 is 1.04 bits per heavy atom. The summed E-state index contributed by atoms with van der Waals surface area (Å²) in [5, 5.41) is 0. The summed E-state index contributed by atoms with van der Waals surface area (Å²) in [6, 6.07) is 12.8. The van der Waals surface area contributed by atoms with Crippen LogP contribution in [0.4, 0.5) is 0 Å². The summed E-state index contributed by atoms with van der Waals surface area (Å²) in [6.07, 6.45) is 4.87. The molecule has 26 heavy (non-hydrogen) atoms. The Hall–Kier alpha value is -2.69. The Kier molecular flexibility index (Phi) is 6.00. The van der Waals surface area contributed by atoms with E-state index in [1.807, 2.05) is 24.3 Å². The SMILES string of the molecule is COC(=O)c1cccc(OCc2ccc(OC)c(OC3CCCC3)c2)c1. The molecule has 0 amide bonds. The Labute approximate surface area is 153 Å². The molecule has 5 nitrogen and oxygen atoms in total. The van der Waals surface area contributed by atoms with E-state index in [1.165, 1.54) is 20.0 Å². The lowest BCUT2D eigenvalue weighted by Gasteiger charge is -2.17. The van der Waals surface area contributed by atoms with E-state index < -0.39 is 0 Å². The molecule has 0 radical (unpaired) electrons. The summed E-state index contributed by atoms with van der Waals surface area (Å²) >= 11 is 0. The van der Waals surface area contributed by atoms with E-state index in [1.54, 1.807) is 25.3 Å². The van der Waals surface area contributed by atoms with Crippen LogP contribution in [0, 0.1) is 0 Å². The molecule has 5 heteroatoms. The third kappa shape index (κ3) is 4.48. The number of rotatable bonds is 7. The molecule has 1 fully saturated rings. The third-order valence-corrected chi connectivity index (χ3v) is 4.48. The number of benzene rings is 2. The van der Waals surface area contributed by atoms with Gasteiger partial charge in [-0.1, -0.05) is 12.1 Å². The smallest absolute Gasteiger partial charge is 0.337 e. The summed E-state index contributed by atoms with van der Waals surface area (Å²) in [7, 11) is 3.00. The molecule has 0 unspecified atom stereocenters. The van der Waals surface area contributed by atoms with Gasteiger partial charge in [0.25, 0.3) is 0 Å². The van der Waals surface area contributed by atoms with Gasteiger partial charge in [-0.3, -0.25) is 0 Å². The van der Waals surface area contributed by atoms with E-state index in [0.717, 1.165) is 29.9 Å². The van der Waals surface area contributed by atoms with Crippen LogP contribution in [0.15, 0.2) is 42.5 Å². The van der Waals surface area contributed by atoms with E-state index in [4.69, 9.17) is 18.9 Å². The van der Waals surface area contributed by atoms with Crippen molar-refractivity contribution in [1.29, 1.82) is 0 Å². The zero-order chi connectivity index (χ0) is 18.4. The molecule has 0 bridgehead atoms. The average Bonchev–Trinajstić information content (AvgIpc) is 3.19. The minimum atomic E-state index is -0.382. The number of hydrogen-bond donors (Lipinski definition) is 0. The highest BCUT2D eigenvalue weighted by Gasteiger charge is 2.18. The standard InChI is InChI=1S/C21H24O5/c1-23-19-11-10-15(12-20(19)26-17-7-3-4-8-17)14-25-18-9-5-6-16(13-18)21(22)24-2/h5-6,9-13,17H,3-4,7-8,14H2,1-2H3. The van der Waals surface area contributed by atoms with Gasteiger partial charge in [0.2, 0.25) is 0 Å². The van der Waals surface area contributed by atoms with E-state index in [0.29, 0.717) is 17.9 Å². The van der Waals surface area contributed by atoms with E-state index in [-0.39, 0.29) is 12.1 Å². The van der Waals surface area contributed by atoms with Crippen molar-refractivity contribution in [1.82, 2.24) is 0 Å². The lowest BCUT2D eigenvalue weighted by molar-refractivity contribution is 0.0600. The molecule has 138 valence electrons. The van der Waals surface area contributed by atoms with E-state index in [2.05, 4.69) is 0 Å². The molecule has 0 heterocycles. The summed E-state index contributed by atoms with van der Waals surface area (Å²) in [5.41, 5.74) is 1.44. The topological polar surface area (TPSA) is 54.0 Å². The minimum Gasteiger partial charge on any atom is -0.493 e. The maximum Gasteiger partial charge on any atom is 0.337 e.